The summed E-state index contributed by atoms with van der Waals surface area (Å²) in [6, 6.07) is 3.11. The van der Waals surface area contributed by atoms with Gasteiger partial charge in [0.05, 0.1) is 28.2 Å². The van der Waals surface area contributed by atoms with Crippen molar-refractivity contribution in [2.45, 2.75) is 37.6 Å². The van der Waals surface area contributed by atoms with Crippen LogP contribution in [0.3, 0.4) is 0 Å². The zero-order valence-electron chi connectivity index (χ0n) is 15.7. The highest BCUT2D eigenvalue weighted by molar-refractivity contribution is 9.10. The van der Waals surface area contributed by atoms with Crippen molar-refractivity contribution in [2.24, 2.45) is 14.1 Å². The Morgan fingerprint density at radius 1 is 1.19 bits per heavy atom. The number of aryl methyl sites for hydroxylation is 2. The van der Waals surface area contributed by atoms with Crippen LogP contribution in [0.15, 0.2) is 37.1 Å². The van der Waals surface area contributed by atoms with Gasteiger partial charge in [-0.25, -0.2) is 22.9 Å². The first-order valence-electron chi connectivity index (χ1n) is 8.21. The zero-order valence-corrected chi connectivity index (χ0v) is 18.1. The van der Waals surface area contributed by atoms with Crippen molar-refractivity contribution < 1.29 is 12.8 Å². The number of fused-ring (bicyclic) bond motifs is 1. The fourth-order valence-corrected chi connectivity index (χ4v) is 4.99. The first kappa shape index (κ1) is 19.8. The fourth-order valence-electron chi connectivity index (χ4n) is 2.95. The predicted octanol–water partition coefficient (Wildman–Crippen LogP) is 2.40. The number of oxazole rings is 1. The normalized spacial score (nSPS) is 12.8. The Hall–Kier alpha value is -1.91. The summed E-state index contributed by atoms with van der Waals surface area (Å²) in [6.45, 7) is 5.90. The van der Waals surface area contributed by atoms with Crippen molar-refractivity contribution in [1.82, 2.24) is 18.8 Å². The number of nitrogens with zero attached hydrogens (tertiary/aromatic N) is 3. The van der Waals surface area contributed by atoms with Gasteiger partial charge in [-0.3, -0.25) is 9.13 Å². The molecule has 1 N–H and O–H groups in total. The minimum absolute atomic E-state index is 0.00361. The Kier molecular flexibility index (Phi) is 4.86. The van der Waals surface area contributed by atoms with Crippen LogP contribution in [0, 0.1) is 0 Å². The molecule has 2 heterocycles. The van der Waals surface area contributed by atoms with E-state index in [4.69, 9.17) is 4.42 Å². The van der Waals surface area contributed by atoms with E-state index in [1.165, 1.54) is 21.6 Å². The number of halogens is 1. The van der Waals surface area contributed by atoms with Crippen LogP contribution in [0.4, 0.5) is 0 Å². The number of sulfonamides is 1. The lowest BCUT2D eigenvalue weighted by Gasteiger charge is -2.16. The van der Waals surface area contributed by atoms with Gasteiger partial charge in [-0.2, -0.15) is 0 Å². The Labute approximate surface area is 165 Å². The molecular weight excluding hydrogens is 436 g/mol. The monoisotopic (exact) mass is 456 g/mol. The van der Waals surface area contributed by atoms with E-state index in [0.29, 0.717) is 27.0 Å². The molecule has 27 heavy (non-hydrogen) atoms. The molecule has 0 aliphatic carbocycles. The largest absolute Gasteiger partial charge is 0.448 e. The summed E-state index contributed by atoms with van der Waals surface area (Å²) in [7, 11) is -0.599. The molecule has 0 atom stereocenters. The highest BCUT2D eigenvalue weighted by Crippen LogP contribution is 2.28. The van der Waals surface area contributed by atoms with Gasteiger partial charge < -0.3 is 4.42 Å². The van der Waals surface area contributed by atoms with Crippen molar-refractivity contribution in [2.75, 3.05) is 0 Å². The second-order valence-electron chi connectivity index (χ2n) is 7.37. The highest BCUT2D eigenvalue weighted by atomic mass is 79.9. The van der Waals surface area contributed by atoms with Gasteiger partial charge in [0.1, 0.15) is 5.76 Å². The average Bonchev–Trinajstić information content (AvgIpc) is 3.13. The second kappa shape index (κ2) is 6.61. The van der Waals surface area contributed by atoms with Crippen molar-refractivity contribution in [1.29, 1.82) is 0 Å². The smallest absolute Gasteiger partial charge is 0.328 e. The zero-order chi connectivity index (χ0) is 20.1. The van der Waals surface area contributed by atoms with Gasteiger partial charge in [-0.1, -0.05) is 20.8 Å². The molecule has 0 unspecified atom stereocenters. The first-order chi connectivity index (χ1) is 12.4. The molecule has 3 rings (SSSR count). The molecular formula is C17H21BrN4O4S. The van der Waals surface area contributed by atoms with E-state index in [0.717, 1.165) is 0 Å². The van der Waals surface area contributed by atoms with Crippen LogP contribution in [-0.2, 0) is 36.1 Å². The van der Waals surface area contributed by atoms with E-state index in [1.54, 1.807) is 20.2 Å². The molecule has 0 saturated heterocycles. The van der Waals surface area contributed by atoms with Crippen LogP contribution in [0.25, 0.3) is 11.0 Å². The van der Waals surface area contributed by atoms with E-state index in [2.05, 4.69) is 25.6 Å². The highest BCUT2D eigenvalue weighted by Gasteiger charge is 2.25. The summed E-state index contributed by atoms with van der Waals surface area (Å²) in [5.74, 6) is 0.630. The molecule has 0 radical (unpaired) electrons. The summed E-state index contributed by atoms with van der Waals surface area (Å²) in [6.07, 6.45) is 1.31. The summed E-state index contributed by atoms with van der Waals surface area (Å²) in [5.41, 5.74) is 1.19. The quantitative estimate of drug-likeness (QED) is 0.649. The molecule has 10 heteroatoms. The summed E-state index contributed by atoms with van der Waals surface area (Å²) >= 11 is 3.31. The third-order valence-corrected chi connectivity index (χ3v) is 6.73. The number of rotatable bonds is 4. The second-order valence-corrected chi connectivity index (χ2v) is 9.96. The number of hydrogen-bond acceptors (Lipinski definition) is 5. The summed E-state index contributed by atoms with van der Waals surface area (Å²) < 4.78 is 37.0. The molecule has 0 spiro atoms. The standard InChI is InChI=1S/C17H21BrN4O4S/c1-17(2,3)15-11(19-9-26-15)8-20-27(24,25)14-7-13-12(6-10(14)18)21(4)16(23)22(13)5/h6-7,9,20H,8H2,1-5H3. The van der Waals surface area contributed by atoms with E-state index in [1.807, 2.05) is 20.8 Å². The Morgan fingerprint density at radius 3 is 2.37 bits per heavy atom. The third-order valence-electron chi connectivity index (χ3n) is 4.37. The van der Waals surface area contributed by atoms with Crippen LogP contribution >= 0.6 is 15.9 Å². The topological polar surface area (TPSA) is 99.1 Å². The fraction of sp³-hybridized carbons (Fsp3) is 0.412. The Balaban J connectivity index is 1.99. The van der Waals surface area contributed by atoms with E-state index in [-0.39, 0.29) is 22.5 Å². The van der Waals surface area contributed by atoms with Gasteiger partial charge in [0.15, 0.2) is 6.39 Å². The first-order valence-corrected chi connectivity index (χ1v) is 10.5. The third kappa shape index (κ3) is 3.48. The van der Waals surface area contributed by atoms with E-state index >= 15 is 0 Å². The van der Waals surface area contributed by atoms with Gasteiger partial charge in [-0.15, -0.1) is 0 Å². The number of benzene rings is 1. The molecule has 2 aromatic heterocycles. The number of aromatic nitrogens is 3. The minimum Gasteiger partial charge on any atom is -0.448 e. The molecule has 8 nitrogen and oxygen atoms in total. The van der Waals surface area contributed by atoms with Crippen LogP contribution < -0.4 is 10.4 Å². The molecule has 1 aromatic carbocycles. The maximum absolute atomic E-state index is 12.9. The van der Waals surface area contributed by atoms with E-state index in [9.17, 15) is 13.2 Å². The lowest BCUT2D eigenvalue weighted by Crippen LogP contribution is -2.25. The summed E-state index contributed by atoms with van der Waals surface area (Å²) in [5, 5.41) is 0. The maximum Gasteiger partial charge on any atom is 0.328 e. The number of hydrogen-bond donors (Lipinski definition) is 1. The van der Waals surface area contributed by atoms with Crippen molar-refractivity contribution in [3.8, 4) is 0 Å². The average molecular weight is 457 g/mol. The minimum atomic E-state index is -3.84. The van der Waals surface area contributed by atoms with Gasteiger partial charge >= 0.3 is 5.69 Å². The number of nitrogens with one attached hydrogen (secondary N) is 1. The molecule has 3 aromatic rings. The van der Waals surface area contributed by atoms with Gasteiger partial charge in [0, 0.05) is 24.0 Å². The maximum atomic E-state index is 12.9. The molecule has 0 bridgehead atoms. The summed E-state index contributed by atoms with van der Waals surface area (Å²) in [4.78, 5) is 16.3. The van der Waals surface area contributed by atoms with Crippen molar-refractivity contribution >= 4 is 37.0 Å². The van der Waals surface area contributed by atoms with Crippen molar-refractivity contribution in [3.63, 3.8) is 0 Å². The predicted molar refractivity (Wildman–Crippen MR) is 105 cm³/mol. The van der Waals surface area contributed by atoms with Crippen LogP contribution in [0.1, 0.15) is 32.2 Å². The molecule has 146 valence electrons. The molecule has 0 saturated carbocycles. The molecule has 0 aliphatic rings. The van der Waals surface area contributed by atoms with Crippen molar-refractivity contribution in [3.05, 3.63) is 44.9 Å². The van der Waals surface area contributed by atoms with Gasteiger partial charge in [-0.05, 0) is 28.1 Å². The Bertz CT molecular complexity index is 1180. The van der Waals surface area contributed by atoms with Crippen LogP contribution in [0.2, 0.25) is 0 Å². The SMILES string of the molecule is Cn1c(=O)n(C)c2cc(S(=O)(=O)NCc3ncoc3C(C)(C)C)c(Br)cc21. The Morgan fingerprint density at radius 2 is 1.78 bits per heavy atom. The van der Waals surface area contributed by atoms with Gasteiger partial charge in [0.2, 0.25) is 10.0 Å². The lowest BCUT2D eigenvalue weighted by molar-refractivity contribution is 0.403. The molecule has 0 amide bonds. The number of imidazole rings is 1. The lowest BCUT2D eigenvalue weighted by atomic mass is 9.92. The van der Waals surface area contributed by atoms with E-state index < -0.39 is 10.0 Å². The van der Waals surface area contributed by atoms with Gasteiger partial charge in [0.25, 0.3) is 0 Å². The molecule has 0 aliphatic heterocycles. The molecule has 0 fully saturated rings. The van der Waals surface area contributed by atoms with Crippen LogP contribution in [-0.4, -0.2) is 22.5 Å². The van der Waals surface area contributed by atoms with Crippen LogP contribution in [0.5, 0.6) is 0 Å².